The monoisotopic (exact) mass is 480 g/mol. The molecule has 0 amide bonds. The summed E-state index contributed by atoms with van der Waals surface area (Å²) < 4.78 is 14.7. The molecule has 0 aliphatic heterocycles. The van der Waals surface area contributed by atoms with Crippen LogP contribution >= 0.6 is 7.92 Å². The van der Waals surface area contributed by atoms with Crippen molar-refractivity contribution in [3.05, 3.63) is 139 Å². The summed E-state index contributed by atoms with van der Waals surface area (Å²) in [6.07, 6.45) is 0. The molecule has 2 heteroatoms. The van der Waals surface area contributed by atoms with Crippen molar-refractivity contribution in [2.75, 3.05) is 0 Å². The third kappa shape index (κ3) is 3.40. The maximum absolute atomic E-state index is 14.7. The summed E-state index contributed by atoms with van der Waals surface area (Å²) in [6, 6.07) is 46.3. The van der Waals surface area contributed by atoms with Crippen molar-refractivity contribution in [3.8, 4) is 0 Å². The fourth-order valence-electron chi connectivity index (χ4n) is 5.46. The van der Waals surface area contributed by atoms with E-state index < -0.39 is 7.92 Å². The lowest BCUT2D eigenvalue weighted by molar-refractivity contribution is 0.629. The minimum Gasteiger partial charge on any atom is -0.207 e. The lowest BCUT2D eigenvalue weighted by Crippen LogP contribution is -2.22. The van der Waals surface area contributed by atoms with E-state index >= 15 is 0 Å². The Morgan fingerprint density at radius 2 is 0.833 bits per heavy atom. The molecule has 0 aliphatic carbocycles. The molecule has 7 rings (SSSR count). The highest BCUT2D eigenvalue weighted by Crippen LogP contribution is 2.41. The molecule has 0 bridgehead atoms. The predicted octanol–water partition coefficient (Wildman–Crippen LogP) is 8.20. The molecule has 0 nitrogen and oxygen atoms in total. The van der Waals surface area contributed by atoms with E-state index in [9.17, 15) is 4.39 Å². The van der Waals surface area contributed by atoms with E-state index in [0.29, 0.717) is 0 Å². The van der Waals surface area contributed by atoms with Crippen LogP contribution in [0.4, 0.5) is 4.39 Å². The van der Waals surface area contributed by atoms with E-state index in [1.54, 1.807) is 6.07 Å². The molecule has 170 valence electrons. The van der Waals surface area contributed by atoms with E-state index in [0.717, 1.165) is 5.30 Å². The minimum atomic E-state index is -1.05. The Hall–Kier alpha value is -4.06. The molecule has 36 heavy (non-hydrogen) atoms. The number of hydrogen-bond acceptors (Lipinski definition) is 0. The van der Waals surface area contributed by atoms with Crippen LogP contribution in [0.5, 0.6) is 0 Å². The Morgan fingerprint density at radius 1 is 0.389 bits per heavy atom. The van der Waals surface area contributed by atoms with Gasteiger partial charge in [0, 0.05) is 0 Å². The van der Waals surface area contributed by atoms with E-state index in [2.05, 4.69) is 115 Å². The normalized spacial score (nSPS) is 11.7. The van der Waals surface area contributed by atoms with Gasteiger partial charge in [0.05, 0.1) is 0 Å². The second-order valence-corrected chi connectivity index (χ2v) is 11.3. The average Bonchev–Trinajstić information content (AvgIpc) is 2.93. The Bertz CT molecular complexity index is 1800. The molecular weight excluding hydrogens is 458 g/mol. The predicted molar refractivity (Wildman–Crippen MR) is 155 cm³/mol. The summed E-state index contributed by atoms with van der Waals surface area (Å²) in [7, 11) is -1.05. The van der Waals surface area contributed by atoms with E-state index in [1.807, 2.05) is 6.07 Å². The second kappa shape index (κ2) is 8.55. The highest BCUT2D eigenvalue weighted by Gasteiger charge is 2.23. The van der Waals surface area contributed by atoms with Gasteiger partial charge < -0.3 is 0 Å². The van der Waals surface area contributed by atoms with Crippen molar-refractivity contribution in [2.45, 2.75) is 0 Å². The van der Waals surface area contributed by atoms with Crippen LogP contribution < -0.4 is 15.9 Å². The highest BCUT2D eigenvalue weighted by atomic mass is 31.1. The smallest absolute Gasteiger partial charge is 0.123 e. The second-order valence-electron chi connectivity index (χ2n) is 9.14. The first-order valence-electron chi connectivity index (χ1n) is 12.1. The van der Waals surface area contributed by atoms with Gasteiger partial charge in [0.2, 0.25) is 0 Å². The highest BCUT2D eigenvalue weighted by molar-refractivity contribution is 7.80. The zero-order valence-corrected chi connectivity index (χ0v) is 20.4. The molecule has 0 aliphatic rings. The molecule has 0 saturated carbocycles. The zero-order valence-electron chi connectivity index (χ0n) is 19.5. The lowest BCUT2D eigenvalue weighted by Gasteiger charge is -2.24. The van der Waals surface area contributed by atoms with Gasteiger partial charge in [0.1, 0.15) is 5.82 Å². The Balaban J connectivity index is 1.65. The van der Waals surface area contributed by atoms with Crippen molar-refractivity contribution < 1.29 is 4.39 Å². The van der Waals surface area contributed by atoms with Crippen LogP contribution in [0, 0.1) is 5.82 Å². The van der Waals surface area contributed by atoms with Crippen molar-refractivity contribution in [2.24, 2.45) is 0 Å². The van der Waals surface area contributed by atoms with Crippen LogP contribution in [-0.2, 0) is 0 Å². The van der Waals surface area contributed by atoms with Crippen molar-refractivity contribution in [3.63, 3.8) is 0 Å². The first-order valence-corrected chi connectivity index (χ1v) is 13.5. The quantitative estimate of drug-likeness (QED) is 0.177. The third-order valence-corrected chi connectivity index (χ3v) is 9.54. The lowest BCUT2D eigenvalue weighted by atomic mass is 10.0. The fourth-order valence-corrected chi connectivity index (χ4v) is 8.17. The molecule has 0 unspecified atom stereocenters. The minimum absolute atomic E-state index is 0.199. The molecule has 0 aromatic heterocycles. The van der Waals surface area contributed by atoms with Gasteiger partial charge in [-0.25, -0.2) is 4.39 Å². The van der Waals surface area contributed by atoms with Crippen LogP contribution in [0.2, 0.25) is 0 Å². The molecule has 0 heterocycles. The van der Waals surface area contributed by atoms with Gasteiger partial charge in [-0.2, -0.15) is 0 Å². The third-order valence-electron chi connectivity index (χ3n) is 7.04. The van der Waals surface area contributed by atoms with Gasteiger partial charge in [-0.1, -0.05) is 109 Å². The molecule has 0 saturated heterocycles. The van der Waals surface area contributed by atoms with E-state index in [-0.39, 0.29) is 5.82 Å². The Labute approximate surface area is 210 Å². The van der Waals surface area contributed by atoms with Crippen LogP contribution in [-0.4, -0.2) is 0 Å². The molecule has 0 spiro atoms. The molecular formula is C34H22FP. The average molecular weight is 481 g/mol. The van der Waals surface area contributed by atoms with E-state index in [1.165, 1.54) is 59.8 Å². The first kappa shape index (κ1) is 21.2. The van der Waals surface area contributed by atoms with Gasteiger partial charge in [-0.05, 0) is 91.2 Å². The first-order chi connectivity index (χ1) is 17.8. The van der Waals surface area contributed by atoms with E-state index in [4.69, 9.17) is 0 Å². The Morgan fingerprint density at radius 3 is 1.33 bits per heavy atom. The van der Waals surface area contributed by atoms with Gasteiger partial charge in [0.15, 0.2) is 0 Å². The summed E-state index contributed by atoms with van der Waals surface area (Å²) >= 11 is 0. The number of rotatable bonds is 3. The molecule has 7 aromatic carbocycles. The fraction of sp³-hybridized carbons (Fsp3) is 0. The molecule has 0 N–H and O–H groups in total. The van der Waals surface area contributed by atoms with Crippen LogP contribution in [0.1, 0.15) is 0 Å². The van der Waals surface area contributed by atoms with Gasteiger partial charge in [0.25, 0.3) is 0 Å². The standard InChI is InChI=1S/C34H22FP/c35-25-12-9-13-26(22-25)36(33-20-23-10-1-3-14-27(23)29-16-5-7-18-31(29)33)34-21-24-11-2-4-15-28(24)30-17-6-8-19-32(30)34/h1-22H. The van der Waals surface area contributed by atoms with Gasteiger partial charge in [-0.3, -0.25) is 0 Å². The summed E-state index contributed by atoms with van der Waals surface area (Å²) in [5, 5.41) is 13.4. The van der Waals surface area contributed by atoms with Crippen molar-refractivity contribution >= 4 is 66.9 Å². The van der Waals surface area contributed by atoms with Crippen LogP contribution in [0.3, 0.4) is 0 Å². The SMILES string of the molecule is Fc1cccc(P(c2cc3ccccc3c3ccccc23)c2cc3ccccc3c3ccccc23)c1. The largest absolute Gasteiger partial charge is 0.207 e. The molecule has 0 radical (unpaired) electrons. The maximum Gasteiger partial charge on any atom is 0.123 e. The summed E-state index contributed by atoms with van der Waals surface area (Å²) in [4.78, 5) is 0. The Kier molecular flexibility index (Phi) is 5.05. The number of hydrogen-bond donors (Lipinski definition) is 0. The van der Waals surface area contributed by atoms with Crippen molar-refractivity contribution in [1.82, 2.24) is 0 Å². The number of halogens is 1. The summed E-state index contributed by atoms with van der Waals surface area (Å²) in [6.45, 7) is 0. The number of fused-ring (bicyclic) bond motifs is 6. The molecule has 0 atom stereocenters. The summed E-state index contributed by atoms with van der Waals surface area (Å²) in [5.41, 5.74) is 0. The molecule has 0 fully saturated rings. The van der Waals surface area contributed by atoms with Gasteiger partial charge >= 0.3 is 0 Å². The number of benzene rings is 7. The zero-order chi connectivity index (χ0) is 24.1. The maximum atomic E-state index is 14.7. The van der Waals surface area contributed by atoms with Crippen LogP contribution in [0.25, 0.3) is 43.1 Å². The van der Waals surface area contributed by atoms with Crippen LogP contribution in [0.15, 0.2) is 133 Å². The van der Waals surface area contributed by atoms with Crippen molar-refractivity contribution in [1.29, 1.82) is 0 Å². The van der Waals surface area contributed by atoms with Gasteiger partial charge in [-0.15, -0.1) is 0 Å². The topological polar surface area (TPSA) is 0 Å². The summed E-state index contributed by atoms with van der Waals surface area (Å²) in [5.74, 6) is -0.199. The molecule has 7 aromatic rings.